The van der Waals surface area contributed by atoms with E-state index in [-0.39, 0.29) is 11.9 Å². The summed E-state index contributed by atoms with van der Waals surface area (Å²) in [5.41, 5.74) is 5.81. The number of sulfonamides is 1. The highest BCUT2D eigenvalue weighted by atomic mass is 32.2. The number of hydrogen-bond donors (Lipinski definition) is 1. The van der Waals surface area contributed by atoms with Crippen molar-refractivity contribution in [3.63, 3.8) is 0 Å². The second kappa shape index (κ2) is 5.74. The van der Waals surface area contributed by atoms with Crippen molar-refractivity contribution in [3.8, 4) is 0 Å². The number of hydrogen-bond acceptors (Lipinski definition) is 5. The fourth-order valence-corrected chi connectivity index (χ4v) is 3.39. The van der Waals surface area contributed by atoms with Gasteiger partial charge in [0.1, 0.15) is 0 Å². The van der Waals surface area contributed by atoms with Gasteiger partial charge in [0, 0.05) is 45.3 Å². The summed E-state index contributed by atoms with van der Waals surface area (Å²) in [6.45, 7) is 3.78. The monoisotopic (exact) mass is 290 g/mol. The normalized spacial score (nSPS) is 26.8. The largest absolute Gasteiger partial charge is 0.339 e. The van der Waals surface area contributed by atoms with Gasteiger partial charge >= 0.3 is 0 Å². The summed E-state index contributed by atoms with van der Waals surface area (Å²) < 4.78 is 24.2. The van der Waals surface area contributed by atoms with E-state index in [1.54, 1.807) is 4.90 Å². The Kier molecular flexibility index (Phi) is 4.44. The van der Waals surface area contributed by atoms with E-state index in [1.165, 1.54) is 10.6 Å². The predicted molar refractivity (Wildman–Crippen MR) is 72.0 cm³/mol. The second-order valence-electron chi connectivity index (χ2n) is 5.33. The first-order chi connectivity index (χ1) is 8.86. The molecule has 0 aromatic rings. The number of nitrogens with two attached hydrogens (primary N) is 1. The number of likely N-dealkylation sites (tertiary alicyclic amines) is 1. The average molecular weight is 290 g/mol. The molecule has 0 saturated carbocycles. The summed E-state index contributed by atoms with van der Waals surface area (Å²) >= 11 is 0. The second-order valence-corrected chi connectivity index (χ2v) is 7.31. The first-order valence-corrected chi connectivity index (χ1v) is 8.42. The highest BCUT2D eigenvalue weighted by Crippen LogP contribution is 2.10. The van der Waals surface area contributed by atoms with Gasteiger partial charge < -0.3 is 10.6 Å². The quantitative estimate of drug-likeness (QED) is 0.657. The fourth-order valence-electron chi connectivity index (χ4n) is 2.57. The first kappa shape index (κ1) is 14.7. The van der Waals surface area contributed by atoms with Gasteiger partial charge in [0.25, 0.3) is 0 Å². The summed E-state index contributed by atoms with van der Waals surface area (Å²) in [5.74, 6) is 0.0715. The minimum Gasteiger partial charge on any atom is -0.339 e. The van der Waals surface area contributed by atoms with Crippen LogP contribution in [0.3, 0.4) is 0 Å². The van der Waals surface area contributed by atoms with Gasteiger partial charge in [0.15, 0.2) is 0 Å². The molecule has 2 aliphatic rings. The van der Waals surface area contributed by atoms with Crippen LogP contribution in [-0.2, 0) is 14.8 Å². The van der Waals surface area contributed by atoms with Crippen molar-refractivity contribution >= 4 is 15.9 Å². The van der Waals surface area contributed by atoms with Gasteiger partial charge in [0.05, 0.1) is 12.8 Å². The molecule has 2 rings (SSSR count). The molecule has 2 aliphatic heterocycles. The summed E-state index contributed by atoms with van der Waals surface area (Å²) in [6, 6.07) is 0.176. The van der Waals surface area contributed by atoms with Gasteiger partial charge in [-0.3, -0.25) is 9.69 Å². The van der Waals surface area contributed by atoms with Gasteiger partial charge in [0.2, 0.25) is 15.9 Å². The van der Waals surface area contributed by atoms with Gasteiger partial charge in [-0.25, -0.2) is 8.42 Å². The Bertz CT molecular complexity index is 431. The molecule has 2 saturated heterocycles. The summed E-state index contributed by atoms with van der Waals surface area (Å²) in [6.07, 6.45) is 2.14. The Balaban J connectivity index is 1.79. The third-order valence-electron chi connectivity index (χ3n) is 3.73. The molecular formula is C11H22N4O3S. The van der Waals surface area contributed by atoms with Crippen LogP contribution in [0, 0.1) is 0 Å². The maximum absolute atomic E-state index is 12.1. The van der Waals surface area contributed by atoms with E-state index in [0.717, 1.165) is 19.5 Å². The number of rotatable bonds is 3. The maximum atomic E-state index is 12.1. The molecular weight excluding hydrogens is 268 g/mol. The van der Waals surface area contributed by atoms with Crippen molar-refractivity contribution in [1.82, 2.24) is 14.1 Å². The Labute approximate surface area is 114 Å². The van der Waals surface area contributed by atoms with Gasteiger partial charge in [-0.1, -0.05) is 0 Å². The summed E-state index contributed by atoms with van der Waals surface area (Å²) in [5, 5.41) is 0. The molecule has 2 fully saturated rings. The van der Waals surface area contributed by atoms with Crippen LogP contribution in [-0.4, -0.2) is 86.5 Å². The molecule has 0 radical (unpaired) electrons. The lowest BCUT2D eigenvalue weighted by molar-refractivity contribution is -0.133. The molecule has 110 valence electrons. The van der Waals surface area contributed by atoms with Crippen molar-refractivity contribution in [1.29, 1.82) is 0 Å². The van der Waals surface area contributed by atoms with E-state index >= 15 is 0 Å². The minimum atomic E-state index is -3.14. The van der Waals surface area contributed by atoms with Gasteiger partial charge in [-0.05, 0) is 6.42 Å². The highest BCUT2D eigenvalue weighted by molar-refractivity contribution is 7.88. The smallest absolute Gasteiger partial charge is 0.236 e. The van der Waals surface area contributed by atoms with Crippen LogP contribution in [0.1, 0.15) is 6.42 Å². The van der Waals surface area contributed by atoms with E-state index in [1.807, 2.05) is 0 Å². The topological polar surface area (TPSA) is 87.0 Å². The molecule has 0 bridgehead atoms. The highest BCUT2D eigenvalue weighted by Gasteiger charge is 2.28. The molecule has 0 aromatic heterocycles. The van der Waals surface area contributed by atoms with Crippen LogP contribution in [0.4, 0.5) is 0 Å². The van der Waals surface area contributed by atoms with Crippen LogP contribution in [0.15, 0.2) is 0 Å². The molecule has 1 amide bonds. The Morgan fingerprint density at radius 1 is 1.21 bits per heavy atom. The Hall–Kier alpha value is -0.700. The number of carbonyl (C=O) groups is 1. The number of piperazine rings is 1. The first-order valence-electron chi connectivity index (χ1n) is 6.57. The zero-order chi connectivity index (χ0) is 14.0. The van der Waals surface area contributed by atoms with Crippen molar-refractivity contribution in [3.05, 3.63) is 0 Å². The third-order valence-corrected chi connectivity index (χ3v) is 5.03. The van der Waals surface area contributed by atoms with Crippen molar-refractivity contribution in [2.45, 2.75) is 12.5 Å². The zero-order valence-corrected chi connectivity index (χ0v) is 12.1. The molecule has 8 heteroatoms. The lowest BCUT2D eigenvalue weighted by Crippen LogP contribution is -2.52. The Morgan fingerprint density at radius 3 is 2.32 bits per heavy atom. The van der Waals surface area contributed by atoms with E-state index in [4.69, 9.17) is 5.73 Å². The third kappa shape index (κ3) is 3.88. The van der Waals surface area contributed by atoms with Crippen LogP contribution in [0.2, 0.25) is 0 Å². The van der Waals surface area contributed by atoms with E-state index < -0.39 is 10.0 Å². The van der Waals surface area contributed by atoms with Crippen molar-refractivity contribution < 1.29 is 13.2 Å². The summed E-state index contributed by atoms with van der Waals surface area (Å²) in [4.78, 5) is 15.9. The number of nitrogens with zero attached hydrogens (tertiary/aromatic N) is 3. The molecule has 0 spiro atoms. The van der Waals surface area contributed by atoms with Crippen LogP contribution < -0.4 is 5.73 Å². The molecule has 7 nitrogen and oxygen atoms in total. The zero-order valence-electron chi connectivity index (χ0n) is 11.3. The minimum absolute atomic E-state index is 0.0715. The lowest BCUT2D eigenvalue weighted by atomic mass is 10.3. The molecule has 2 N–H and O–H groups in total. The number of carbonyl (C=O) groups excluding carboxylic acids is 1. The molecule has 1 atom stereocenters. The molecule has 0 unspecified atom stereocenters. The van der Waals surface area contributed by atoms with Crippen molar-refractivity contribution in [2.75, 3.05) is 52.1 Å². The molecule has 0 aromatic carbocycles. The predicted octanol–water partition coefficient (Wildman–Crippen LogP) is -1.88. The van der Waals surface area contributed by atoms with Crippen LogP contribution in [0.5, 0.6) is 0 Å². The van der Waals surface area contributed by atoms with Crippen LogP contribution >= 0.6 is 0 Å². The van der Waals surface area contributed by atoms with E-state index in [9.17, 15) is 13.2 Å². The SMILES string of the molecule is CS(=O)(=O)N1CCN(C(=O)CN2CC[C@H](N)C2)CC1. The fraction of sp³-hybridized carbons (Fsp3) is 0.909. The maximum Gasteiger partial charge on any atom is 0.236 e. The van der Waals surface area contributed by atoms with Crippen molar-refractivity contribution in [2.24, 2.45) is 5.73 Å². The average Bonchev–Trinajstić information content (AvgIpc) is 2.74. The number of amides is 1. The van der Waals surface area contributed by atoms with Gasteiger partial charge in [-0.2, -0.15) is 4.31 Å². The van der Waals surface area contributed by atoms with Crippen LogP contribution in [0.25, 0.3) is 0 Å². The molecule has 0 aliphatic carbocycles. The lowest BCUT2D eigenvalue weighted by Gasteiger charge is -2.34. The van der Waals surface area contributed by atoms with E-state index in [0.29, 0.717) is 32.7 Å². The van der Waals surface area contributed by atoms with Gasteiger partial charge in [-0.15, -0.1) is 0 Å². The van der Waals surface area contributed by atoms with E-state index in [2.05, 4.69) is 4.90 Å². The summed E-state index contributed by atoms with van der Waals surface area (Å²) in [7, 11) is -3.14. The Morgan fingerprint density at radius 2 is 1.84 bits per heavy atom. The standard InChI is InChI=1S/C11H22N4O3S/c1-19(17,18)15-6-4-14(5-7-15)11(16)9-13-3-2-10(12)8-13/h10H,2-9,12H2,1H3/t10-/m0/s1. The molecule has 2 heterocycles. The molecule has 19 heavy (non-hydrogen) atoms.